The molecular weight excluding hydrogens is 450 g/mol. The molecule has 2 aromatic carbocycles. The van der Waals surface area contributed by atoms with E-state index in [9.17, 15) is 24.5 Å². The molecule has 0 unspecified atom stereocenters. The van der Waals surface area contributed by atoms with Crippen LogP contribution >= 0.6 is 15.9 Å². The Balaban J connectivity index is 2.07. The lowest BCUT2D eigenvalue weighted by Crippen LogP contribution is -2.35. The zero-order valence-corrected chi connectivity index (χ0v) is 16.1. The maximum absolute atomic E-state index is 12.7. The van der Waals surface area contributed by atoms with Crippen molar-refractivity contribution >= 4 is 51.2 Å². The number of hydrogen-bond acceptors (Lipinski definition) is 6. The van der Waals surface area contributed by atoms with Gasteiger partial charge in [0.05, 0.1) is 10.6 Å². The van der Waals surface area contributed by atoms with Crippen LogP contribution in [-0.2, 0) is 14.4 Å². The van der Waals surface area contributed by atoms with Gasteiger partial charge in [-0.15, -0.1) is 0 Å². The van der Waals surface area contributed by atoms with Gasteiger partial charge < -0.3 is 9.84 Å². The van der Waals surface area contributed by atoms with E-state index in [-0.39, 0.29) is 21.4 Å². The van der Waals surface area contributed by atoms with E-state index in [2.05, 4.69) is 21.4 Å². The number of carboxylic acid groups (broad SMARTS) is 1. The molecule has 2 N–H and O–H groups in total. The summed E-state index contributed by atoms with van der Waals surface area (Å²) in [7, 11) is 0. The predicted octanol–water partition coefficient (Wildman–Crippen LogP) is 2.28. The van der Waals surface area contributed by atoms with Crippen LogP contribution in [0, 0.1) is 10.1 Å². The van der Waals surface area contributed by atoms with Crippen LogP contribution in [0.1, 0.15) is 5.56 Å². The summed E-state index contributed by atoms with van der Waals surface area (Å²) in [5.41, 5.74) is 2.03. The molecule has 0 spiro atoms. The number of ether oxygens (including phenoxy) is 1. The van der Waals surface area contributed by atoms with E-state index in [0.717, 1.165) is 17.2 Å². The van der Waals surface area contributed by atoms with E-state index >= 15 is 0 Å². The Hall–Kier alpha value is -3.73. The normalized spacial score (nSPS) is 14.8. The van der Waals surface area contributed by atoms with Gasteiger partial charge in [0.1, 0.15) is 5.57 Å². The minimum Gasteiger partial charge on any atom is -0.479 e. The van der Waals surface area contributed by atoms with Crippen molar-refractivity contribution in [3.05, 3.63) is 68.2 Å². The third-order valence-electron chi connectivity index (χ3n) is 3.81. The Bertz CT molecular complexity index is 1050. The molecule has 1 saturated heterocycles. The van der Waals surface area contributed by atoms with E-state index in [4.69, 9.17) is 9.84 Å². The standard InChI is InChI=1S/C18H12BrN3O7/c19-11-6-10(16(29-9-15(23)24)14(8-11)22(27)28)7-13-17(25)20-21(18(13)26)12-4-2-1-3-5-12/h1-8H,9H2,(H,20,25)(H,23,24). The first kappa shape index (κ1) is 20.0. The lowest BCUT2D eigenvalue weighted by Gasteiger charge is -2.14. The summed E-state index contributed by atoms with van der Waals surface area (Å²) in [6, 6.07) is 10.9. The topological polar surface area (TPSA) is 139 Å². The van der Waals surface area contributed by atoms with Crippen molar-refractivity contribution in [1.82, 2.24) is 5.43 Å². The molecular formula is C18H12BrN3O7. The Morgan fingerprint density at radius 1 is 1.28 bits per heavy atom. The van der Waals surface area contributed by atoms with Crippen molar-refractivity contribution in [1.29, 1.82) is 0 Å². The van der Waals surface area contributed by atoms with Gasteiger partial charge in [-0.2, -0.15) is 0 Å². The molecule has 1 heterocycles. The predicted molar refractivity (Wildman–Crippen MR) is 104 cm³/mol. The molecule has 1 aliphatic rings. The summed E-state index contributed by atoms with van der Waals surface area (Å²) in [6.07, 6.45) is 1.12. The largest absolute Gasteiger partial charge is 0.479 e. The quantitative estimate of drug-likeness (QED) is 0.291. The zero-order valence-electron chi connectivity index (χ0n) is 14.5. The van der Waals surface area contributed by atoms with Crippen molar-refractivity contribution in [2.45, 2.75) is 0 Å². The molecule has 29 heavy (non-hydrogen) atoms. The molecule has 0 radical (unpaired) electrons. The molecule has 0 saturated carbocycles. The van der Waals surface area contributed by atoms with Gasteiger partial charge in [0.25, 0.3) is 11.8 Å². The zero-order chi connectivity index (χ0) is 21.1. The number of hydrogen-bond donors (Lipinski definition) is 2. The van der Waals surface area contributed by atoms with E-state index in [1.165, 1.54) is 6.07 Å². The van der Waals surface area contributed by atoms with E-state index in [0.29, 0.717) is 5.69 Å². The number of nitrogens with one attached hydrogen (secondary N) is 1. The van der Waals surface area contributed by atoms with Gasteiger partial charge in [0, 0.05) is 16.1 Å². The van der Waals surface area contributed by atoms with Crippen LogP contribution in [-0.4, -0.2) is 34.4 Å². The number of para-hydroxylation sites is 1. The summed E-state index contributed by atoms with van der Waals surface area (Å²) in [5, 5.41) is 21.2. The number of nitro benzene ring substituents is 1. The number of carbonyl (C=O) groups is 3. The molecule has 1 aliphatic heterocycles. The number of benzene rings is 2. The third-order valence-corrected chi connectivity index (χ3v) is 4.26. The number of carbonyl (C=O) groups excluding carboxylic acids is 2. The van der Waals surface area contributed by atoms with Gasteiger partial charge in [0.15, 0.2) is 6.61 Å². The smallest absolute Gasteiger partial charge is 0.341 e. The number of halogens is 1. The Morgan fingerprint density at radius 2 is 1.97 bits per heavy atom. The van der Waals surface area contributed by atoms with Gasteiger partial charge in [0.2, 0.25) is 5.75 Å². The van der Waals surface area contributed by atoms with Crippen molar-refractivity contribution in [2.75, 3.05) is 11.6 Å². The van der Waals surface area contributed by atoms with Gasteiger partial charge >= 0.3 is 11.7 Å². The van der Waals surface area contributed by atoms with Crippen LogP contribution < -0.4 is 15.2 Å². The van der Waals surface area contributed by atoms with Crippen LogP contribution in [0.15, 0.2) is 52.5 Å². The number of amides is 2. The SMILES string of the molecule is O=C(O)COc1c(C=C2C(=O)NN(c3ccccc3)C2=O)cc(Br)cc1[N+](=O)[O-]. The number of nitro groups is 1. The van der Waals surface area contributed by atoms with Crippen LogP contribution in [0.5, 0.6) is 5.75 Å². The van der Waals surface area contributed by atoms with Crippen molar-refractivity contribution < 1.29 is 29.2 Å². The molecule has 0 aromatic heterocycles. The molecule has 2 aromatic rings. The first-order valence-electron chi connectivity index (χ1n) is 8.02. The molecule has 11 heteroatoms. The summed E-state index contributed by atoms with van der Waals surface area (Å²) < 4.78 is 5.36. The number of anilines is 1. The van der Waals surface area contributed by atoms with Crippen LogP contribution in [0.3, 0.4) is 0 Å². The second-order valence-electron chi connectivity index (χ2n) is 5.76. The Kier molecular flexibility index (Phi) is 5.59. The highest BCUT2D eigenvalue weighted by Gasteiger charge is 2.35. The first-order chi connectivity index (χ1) is 13.8. The maximum Gasteiger partial charge on any atom is 0.341 e. The summed E-state index contributed by atoms with van der Waals surface area (Å²) in [5.74, 6) is -3.10. The van der Waals surface area contributed by atoms with Gasteiger partial charge in [-0.1, -0.05) is 34.1 Å². The minimum atomic E-state index is -1.34. The Morgan fingerprint density at radius 3 is 2.59 bits per heavy atom. The fourth-order valence-corrected chi connectivity index (χ4v) is 3.07. The average Bonchev–Trinajstić information content (AvgIpc) is 2.95. The van der Waals surface area contributed by atoms with Gasteiger partial charge in [-0.3, -0.25) is 25.1 Å². The van der Waals surface area contributed by atoms with Crippen molar-refractivity contribution in [3.63, 3.8) is 0 Å². The summed E-state index contributed by atoms with van der Waals surface area (Å²) in [6.45, 7) is -0.838. The molecule has 1 fully saturated rings. The Labute approximate surface area is 171 Å². The molecule has 0 bridgehead atoms. The number of rotatable bonds is 6. The third kappa shape index (κ3) is 4.24. The highest BCUT2D eigenvalue weighted by Crippen LogP contribution is 2.36. The van der Waals surface area contributed by atoms with Crippen LogP contribution in [0.25, 0.3) is 6.08 Å². The molecule has 148 valence electrons. The maximum atomic E-state index is 12.7. The monoisotopic (exact) mass is 461 g/mol. The number of aliphatic carboxylic acids is 1. The lowest BCUT2D eigenvalue weighted by atomic mass is 10.1. The summed E-state index contributed by atoms with van der Waals surface area (Å²) in [4.78, 5) is 46.5. The number of hydrazine groups is 1. The second-order valence-corrected chi connectivity index (χ2v) is 6.67. The highest BCUT2D eigenvalue weighted by atomic mass is 79.9. The molecule has 0 atom stereocenters. The van der Waals surface area contributed by atoms with E-state index < -0.39 is 35.0 Å². The minimum absolute atomic E-state index is 0.000682. The molecule has 3 rings (SSSR count). The van der Waals surface area contributed by atoms with Crippen molar-refractivity contribution in [3.8, 4) is 5.75 Å². The fourth-order valence-electron chi connectivity index (χ4n) is 2.61. The van der Waals surface area contributed by atoms with E-state index in [1.54, 1.807) is 30.3 Å². The number of carboxylic acids is 1. The second kappa shape index (κ2) is 8.10. The highest BCUT2D eigenvalue weighted by molar-refractivity contribution is 9.10. The fraction of sp³-hybridized carbons (Fsp3) is 0.0556. The molecule has 2 amide bonds. The molecule has 0 aliphatic carbocycles. The average molecular weight is 462 g/mol. The van der Waals surface area contributed by atoms with Gasteiger partial charge in [-0.25, -0.2) is 9.80 Å². The first-order valence-corrected chi connectivity index (χ1v) is 8.82. The van der Waals surface area contributed by atoms with Gasteiger partial charge in [-0.05, 0) is 24.3 Å². The van der Waals surface area contributed by atoms with Crippen LogP contribution in [0.2, 0.25) is 0 Å². The lowest BCUT2D eigenvalue weighted by molar-refractivity contribution is -0.385. The van der Waals surface area contributed by atoms with Crippen molar-refractivity contribution in [2.24, 2.45) is 0 Å². The number of nitrogens with zero attached hydrogens (tertiary/aromatic N) is 2. The van der Waals surface area contributed by atoms with E-state index in [1.807, 2.05) is 0 Å². The van der Waals surface area contributed by atoms with Crippen LogP contribution in [0.4, 0.5) is 11.4 Å². The summed E-state index contributed by atoms with van der Waals surface area (Å²) >= 11 is 3.12. The molecule has 10 nitrogen and oxygen atoms in total.